The molecular formula is C16H34O2. The maximum atomic E-state index is 10.2. The van der Waals surface area contributed by atoms with E-state index in [9.17, 15) is 5.11 Å². The highest BCUT2D eigenvalue weighted by Gasteiger charge is 2.18. The lowest BCUT2D eigenvalue weighted by Gasteiger charge is -2.23. The first kappa shape index (κ1) is 17.9. The van der Waals surface area contributed by atoms with Crippen molar-refractivity contribution in [1.29, 1.82) is 0 Å². The molecule has 0 spiro atoms. The fraction of sp³-hybridized carbons (Fsp3) is 1.00. The van der Waals surface area contributed by atoms with E-state index in [0.717, 1.165) is 38.5 Å². The molecule has 1 atom stereocenters. The first-order valence-corrected chi connectivity index (χ1v) is 7.95. The Kier molecular flexibility index (Phi) is 11.9. The van der Waals surface area contributed by atoms with Crippen molar-refractivity contribution in [3.63, 3.8) is 0 Å². The van der Waals surface area contributed by atoms with Crippen molar-refractivity contribution in [1.82, 2.24) is 0 Å². The van der Waals surface area contributed by atoms with Gasteiger partial charge >= 0.3 is 0 Å². The predicted octanol–water partition coefficient (Wildman–Crippen LogP) is 4.43. The van der Waals surface area contributed by atoms with Crippen LogP contribution in [-0.4, -0.2) is 22.4 Å². The number of rotatable bonds is 13. The second kappa shape index (κ2) is 12.0. The third kappa shape index (κ3) is 12.4. The van der Waals surface area contributed by atoms with Crippen LogP contribution in [0.4, 0.5) is 0 Å². The molecule has 0 aliphatic heterocycles. The second-order valence-electron chi connectivity index (χ2n) is 5.90. The first-order chi connectivity index (χ1) is 8.62. The Bertz CT molecular complexity index is 166. The molecule has 2 N–H and O–H groups in total. The van der Waals surface area contributed by atoms with Crippen molar-refractivity contribution in [3.05, 3.63) is 0 Å². The molecule has 0 fully saturated rings. The highest BCUT2D eigenvalue weighted by atomic mass is 16.3. The van der Waals surface area contributed by atoms with E-state index in [1.165, 1.54) is 38.5 Å². The van der Waals surface area contributed by atoms with Gasteiger partial charge in [0, 0.05) is 6.61 Å². The van der Waals surface area contributed by atoms with E-state index in [4.69, 9.17) is 5.11 Å². The maximum absolute atomic E-state index is 10.2. The quantitative estimate of drug-likeness (QED) is 0.480. The highest BCUT2D eigenvalue weighted by molar-refractivity contribution is 4.72. The van der Waals surface area contributed by atoms with Gasteiger partial charge in [0.25, 0.3) is 0 Å². The number of aliphatic hydroxyl groups is 2. The molecule has 0 radical (unpaired) electrons. The van der Waals surface area contributed by atoms with Crippen LogP contribution in [0.25, 0.3) is 0 Å². The Labute approximate surface area is 114 Å². The molecule has 0 bridgehead atoms. The number of hydrogen-bond acceptors (Lipinski definition) is 2. The minimum absolute atomic E-state index is 0.334. The lowest BCUT2D eigenvalue weighted by Crippen LogP contribution is -2.23. The molecule has 2 heteroatoms. The van der Waals surface area contributed by atoms with Crippen LogP contribution in [0.3, 0.4) is 0 Å². The SMILES string of the molecule is CCCCC[C@@](C)(O)CCCCCCCCCO. The number of hydrogen-bond donors (Lipinski definition) is 2. The van der Waals surface area contributed by atoms with E-state index in [2.05, 4.69) is 6.92 Å². The van der Waals surface area contributed by atoms with Gasteiger partial charge < -0.3 is 10.2 Å². The number of aliphatic hydroxyl groups excluding tert-OH is 1. The fourth-order valence-electron chi connectivity index (χ4n) is 2.38. The summed E-state index contributed by atoms with van der Waals surface area (Å²) < 4.78 is 0. The summed E-state index contributed by atoms with van der Waals surface area (Å²) in [5.41, 5.74) is -0.438. The van der Waals surface area contributed by atoms with E-state index in [-0.39, 0.29) is 0 Å². The topological polar surface area (TPSA) is 40.5 Å². The van der Waals surface area contributed by atoms with Gasteiger partial charge in [-0.2, -0.15) is 0 Å². The summed E-state index contributed by atoms with van der Waals surface area (Å²) in [5.74, 6) is 0. The van der Waals surface area contributed by atoms with Gasteiger partial charge in [0.15, 0.2) is 0 Å². The van der Waals surface area contributed by atoms with Gasteiger partial charge in [-0.05, 0) is 26.2 Å². The summed E-state index contributed by atoms with van der Waals surface area (Å²) in [6.45, 7) is 4.52. The van der Waals surface area contributed by atoms with E-state index < -0.39 is 5.60 Å². The molecule has 0 aliphatic rings. The standard InChI is InChI=1S/C16H34O2/c1-3-4-10-13-16(2,18)14-11-8-6-5-7-9-12-15-17/h17-18H,3-15H2,1-2H3/t16-/m1/s1. The molecule has 0 unspecified atom stereocenters. The van der Waals surface area contributed by atoms with Crippen molar-refractivity contribution < 1.29 is 10.2 Å². The zero-order chi connectivity index (χ0) is 13.7. The normalized spacial score (nSPS) is 14.7. The molecule has 0 aromatic rings. The van der Waals surface area contributed by atoms with E-state index in [0.29, 0.717) is 6.61 Å². The molecule has 0 saturated carbocycles. The van der Waals surface area contributed by atoms with Crippen LogP contribution in [0, 0.1) is 0 Å². The van der Waals surface area contributed by atoms with Crippen LogP contribution < -0.4 is 0 Å². The Morgan fingerprint density at radius 3 is 1.67 bits per heavy atom. The Balaban J connectivity index is 3.30. The minimum Gasteiger partial charge on any atom is -0.396 e. The molecule has 0 aromatic carbocycles. The van der Waals surface area contributed by atoms with Gasteiger partial charge in [-0.1, -0.05) is 64.7 Å². The summed E-state index contributed by atoms with van der Waals surface area (Å²) in [4.78, 5) is 0. The van der Waals surface area contributed by atoms with Crippen LogP contribution in [0.1, 0.15) is 90.9 Å². The lowest BCUT2D eigenvalue weighted by molar-refractivity contribution is 0.0367. The molecule has 0 rings (SSSR count). The summed E-state index contributed by atoms with van der Waals surface area (Å²) in [5, 5.41) is 18.8. The Morgan fingerprint density at radius 1 is 0.722 bits per heavy atom. The van der Waals surface area contributed by atoms with E-state index in [1.807, 2.05) is 6.92 Å². The maximum Gasteiger partial charge on any atom is 0.0619 e. The summed E-state index contributed by atoms with van der Waals surface area (Å²) >= 11 is 0. The molecular weight excluding hydrogens is 224 g/mol. The summed E-state index contributed by atoms with van der Waals surface area (Å²) in [6.07, 6.45) is 13.8. The van der Waals surface area contributed by atoms with Gasteiger partial charge in [0.1, 0.15) is 0 Å². The third-order valence-corrected chi connectivity index (χ3v) is 3.69. The molecule has 0 heterocycles. The van der Waals surface area contributed by atoms with Gasteiger partial charge in [-0.15, -0.1) is 0 Å². The average Bonchev–Trinajstić information content (AvgIpc) is 2.33. The van der Waals surface area contributed by atoms with Gasteiger partial charge in [-0.3, -0.25) is 0 Å². The Morgan fingerprint density at radius 2 is 1.17 bits per heavy atom. The van der Waals surface area contributed by atoms with E-state index >= 15 is 0 Å². The third-order valence-electron chi connectivity index (χ3n) is 3.69. The van der Waals surface area contributed by atoms with Crippen molar-refractivity contribution in [3.8, 4) is 0 Å². The summed E-state index contributed by atoms with van der Waals surface area (Å²) in [7, 11) is 0. The second-order valence-corrected chi connectivity index (χ2v) is 5.90. The fourth-order valence-corrected chi connectivity index (χ4v) is 2.38. The van der Waals surface area contributed by atoms with Crippen LogP contribution in [0.2, 0.25) is 0 Å². The van der Waals surface area contributed by atoms with E-state index in [1.54, 1.807) is 0 Å². The summed E-state index contributed by atoms with van der Waals surface area (Å²) in [6, 6.07) is 0. The molecule has 18 heavy (non-hydrogen) atoms. The van der Waals surface area contributed by atoms with Gasteiger partial charge in [0.2, 0.25) is 0 Å². The van der Waals surface area contributed by atoms with Crippen LogP contribution in [0.5, 0.6) is 0 Å². The van der Waals surface area contributed by atoms with Crippen LogP contribution >= 0.6 is 0 Å². The number of unbranched alkanes of at least 4 members (excludes halogenated alkanes) is 8. The van der Waals surface area contributed by atoms with Crippen LogP contribution in [-0.2, 0) is 0 Å². The van der Waals surface area contributed by atoms with Crippen molar-refractivity contribution >= 4 is 0 Å². The first-order valence-electron chi connectivity index (χ1n) is 7.95. The highest BCUT2D eigenvalue weighted by Crippen LogP contribution is 2.22. The molecule has 2 nitrogen and oxygen atoms in total. The van der Waals surface area contributed by atoms with Crippen molar-refractivity contribution in [2.24, 2.45) is 0 Å². The largest absolute Gasteiger partial charge is 0.396 e. The molecule has 110 valence electrons. The predicted molar refractivity (Wildman–Crippen MR) is 78.8 cm³/mol. The van der Waals surface area contributed by atoms with Crippen molar-refractivity contribution in [2.45, 2.75) is 96.5 Å². The van der Waals surface area contributed by atoms with Gasteiger partial charge in [0.05, 0.1) is 5.60 Å². The molecule has 0 saturated heterocycles. The van der Waals surface area contributed by atoms with Gasteiger partial charge in [-0.25, -0.2) is 0 Å². The molecule has 0 aromatic heterocycles. The zero-order valence-electron chi connectivity index (χ0n) is 12.6. The zero-order valence-corrected chi connectivity index (χ0v) is 12.6. The molecule has 0 aliphatic carbocycles. The lowest BCUT2D eigenvalue weighted by atomic mass is 9.92. The monoisotopic (exact) mass is 258 g/mol. The smallest absolute Gasteiger partial charge is 0.0619 e. The minimum atomic E-state index is -0.438. The van der Waals surface area contributed by atoms with Crippen LogP contribution in [0.15, 0.2) is 0 Å². The van der Waals surface area contributed by atoms with Crippen molar-refractivity contribution in [2.75, 3.05) is 6.61 Å². The molecule has 0 amide bonds. The Hall–Kier alpha value is -0.0800. The average molecular weight is 258 g/mol.